The predicted molar refractivity (Wildman–Crippen MR) is 128 cm³/mol. The summed E-state index contributed by atoms with van der Waals surface area (Å²) in [6.07, 6.45) is 1.07. The van der Waals surface area contributed by atoms with E-state index in [9.17, 15) is 9.59 Å². The van der Waals surface area contributed by atoms with Crippen LogP contribution in [-0.4, -0.2) is 18.9 Å². The number of carbonyl (C=O) groups excluding carboxylic acids is 2. The quantitative estimate of drug-likeness (QED) is 0.499. The zero-order valence-electron chi connectivity index (χ0n) is 19.1. The third-order valence-electron chi connectivity index (χ3n) is 8.06. The number of carbonyl (C=O) groups is 2. The molecule has 2 amide bonds. The lowest BCUT2D eigenvalue weighted by atomic mass is 9.54. The Morgan fingerprint density at radius 3 is 2.09 bits per heavy atom. The van der Waals surface area contributed by atoms with Gasteiger partial charge >= 0.3 is 0 Å². The molecule has 1 saturated heterocycles. The van der Waals surface area contributed by atoms with Crippen LogP contribution in [0.4, 0.5) is 5.69 Å². The number of methoxy groups -OCH3 is 1. The van der Waals surface area contributed by atoms with E-state index in [2.05, 4.69) is 44.2 Å². The smallest absolute Gasteiger partial charge is 0.238 e. The van der Waals surface area contributed by atoms with Gasteiger partial charge in [-0.25, -0.2) is 4.90 Å². The Bertz CT molecular complexity index is 1300. The Kier molecular flexibility index (Phi) is 4.48. The van der Waals surface area contributed by atoms with Crippen LogP contribution in [0, 0.1) is 11.8 Å². The van der Waals surface area contributed by atoms with Crippen molar-refractivity contribution in [2.45, 2.75) is 38.0 Å². The molecule has 2 bridgehead atoms. The molecule has 4 aliphatic rings. The van der Waals surface area contributed by atoms with Crippen molar-refractivity contribution in [1.82, 2.24) is 0 Å². The highest BCUT2D eigenvalue weighted by molar-refractivity contribution is 6.23. The van der Waals surface area contributed by atoms with Gasteiger partial charge in [0.1, 0.15) is 5.75 Å². The predicted octanol–water partition coefficient (Wildman–Crippen LogP) is 5.61. The van der Waals surface area contributed by atoms with E-state index in [1.54, 1.807) is 13.2 Å². The van der Waals surface area contributed by atoms with Crippen molar-refractivity contribution < 1.29 is 14.3 Å². The van der Waals surface area contributed by atoms with Gasteiger partial charge in [-0.3, -0.25) is 9.59 Å². The highest BCUT2D eigenvalue weighted by Crippen LogP contribution is 2.61. The van der Waals surface area contributed by atoms with Crippen LogP contribution in [0.1, 0.15) is 65.8 Å². The number of hydrogen-bond donors (Lipinski definition) is 0. The van der Waals surface area contributed by atoms with E-state index in [1.165, 1.54) is 32.7 Å². The van der Waals surface area contributed by atoms with Crippen molar-refractivity contribution in [3.05, 3.63) is 94.5 Å². The fourth-order valence-corrected chi connectivity index (χ4v) is 6.29. The second-order valence-electron chi connectivity index (χ2n) is 9.55. The molecule has 0 unspecified atom stereocenters. The number of amides is 2. The summed E-state index contributed by atoms with van der Waals surface area (Å²) in [6, 6.07) is 22.4. The molecule has 1 fully saturated rings. The molecule has 4 nitrogen and oxygen atoms in total. The normalized spacial score (nSPS) is 25.5. The van der Waals surface area contributed by atoms with Crippen LogP contribution in [0.25, 0.3) is 0 Å². The second-order valence-corrected chi connectivity index (χ2v) is 9.55. The molecule has 0 radical (unpaired) electrons. The van der Waals surface area contributed by atoms with Gasteiger partial charge in [-0.1, -0.05) is 62.4 Å². The zero-order valence-corrected chi connectivity index (χ0v) is 19.1. The lowest BCUT2D eigenvalue weighted by Crippen LogP contribution is -2.41. The molecule has 0 spiro atoms. The van der Waals surface area contributed by atoms with Crippen LogP contribution < -0.4 is 9.64 Å². The molecular formula is C29H27NO3. The molecule has 3 aromatic carbocycles. The van der Waals surface area contributed by atoms with Gasteiger partial charge in [0.2, 0.25) is 11.8 Å². The maximum atomic E-state index is 13.9. The summed E-state index contributed by atoms with van der Waals surface area (Å²) in [5.41, 5.74) is 6.73. The maximum Gasteiger partial charge on any atom is 0.238 e. The first-order valence-corrected chi connectivity index (χ1v) is 11.8. The average Bonchev–Trinajstić information content (AvgIpc) is 3.13. The van der Waals surface area contributed by atoms with E-state index in [1.807, 2.05) is 30.3 Å². The Balaban J connectivity index is 1.53. The number of rotatable bonds is 4. The monoisotopic (exact) mass is 437 g/mol. The minimum Gasteiger partial charge on any atom is -0.497 e. The molecule has 33 heavy (non-hydrogen) atoms. The molecule has 1 aliphatic heterocycles. The Hall–Kier alpha value is -3.40. The van der Waals surface area contributed by atoms with Gasteiger partial charge in [0.15, 0.2) is 0 Å². The van der Waals surface area contributed by atoms with E-state index in [0.717, 1.165) is 6.42 Å². The Labute approximate surface area is 194 Å². The van der Waals surface area contributed by atoms with E-state index in [4.69, 9.17) is 4.74 Å². The zero-order chi connectivity index (χ0) is 22.9. The van der Waals surface area contributed by atoms with Crippen molar-refractivity contribution >= 4 is 17.5 Å². The number of imide groups is 1. The van der Waals surface area contributed by atoms with Gasteiger partial charge in [-0.05, 0) is 52.3 Å². The van der Waals surface area contributed by atoms with E-state index >= 15 is 0 Å². The molecule has 7 rings (SSSR count). The molecule has 3 aromatic rings. The van der Waals surface area contributed by atoms with E-state index < -0.39 is 0 Å². The fourth-order valence-electron chi connectivity index (χ4n) is 6.29. The van der Waals surface area contributed by atoms with E-state index in [0.29, 0.717) is 17.4 Å². The molecule has 0 N–H and O–H groups in total. The second kappa shape index (κ2) is 7.31. The topological polar surface area (TPSA) is 46.6 Å². The van der Waals surface area contributed by atoms with Gasteiger partial charge in [-0.2, -0.15) is 0 Å². The van der Waals surface area contributed by atoms with Crippen molar-refractivity contribution in [1.29, 1.82) is 0 Å². The number of benzene rings is 3. The largest absolute Gasteiger partial charge is 0.497 e. The molecule has 0 saturated carbocycles. The standard InChI is InChI=1S/C29H27NO3/c1-4-16(2)17-12-13-22-23(14-17)25-21-11-6-5-10-20(21)24(22)26-27(25)29(32)30(28(26)31)18-8-7-9-19(15-18)33-3/h5-16,24-27H,4H2,1-3H3/t16-,24-,25-,26-,27+/m0/s1. The molecule has 1 heterocycles. The first-order chi connectivity index (χ1) is 16.0. The molecule has 5 atom stereocenters. The molecule has 4 heteroatoms. The molecule has 166 valence electrons. The number of ether oxygens (including phenoxy) is 1. The van der Waals surface area contributed by atoms with Crippen LogP contribution in [0.5, 0.6) is 5.75 Å². The molecular weight excluding hydrogens is 410 g/mol. The first kappa shape index (κ1) is 20.2. The minimum absolute atomic E-state index is 0.0933. The summed E-state index contributed by atoms with van der Waals surface area (Å²) in [6.45, 7) is 4.45. The lowest BCUT2D eigenvalue weighted by Gasteiger charge is -2.46. The molecule has 3 aliphatic carbocycles. The summed E-state index contributed by atoms with van der Waals surface area (Å²) in [5.74, 6) is -0.0335. The van der Waals surface area contributed by atoms with Crippen LogP contribution in [-0.2, 0) is 9.59 Å². The number of hydrogen-bond acceptors (Lipinski definition) is 3. The summed E-state index contributed by atoms with van der Waals surface area (Å²) >= 11 is 0. The van der Waals surface area contributed by atoms with Crippen LogP contribution in [0.2, 0.25) is 0 Å². The Morgan fingerprint density at radius 2 is 1.45 bits per heavy atom. The third-order valence-corrected chi connectivity index (χ3v) is 8.06. The highest BCUT2D eigenvalue weighted by Gasteiger charge is 2.61. The molecule has 0 aromatic heterocycles. The van der Waals surface area contributed by atoms with Crippen LogP contribution >= 0.6 is 0 Å². The number of nitrogens with zero attached hydrogens (tertiary/aromatic N) is 1. The SMILES string of the molecule is CC[C@H](C)c1ccc2c(c1)[C@@H]1c3ccccc3[C@@H]2[C@@H]2C(=O)N(c3cccc(OC)c3)C(=O)[C@H]12. The summed E-state index contributed by atoms with van der Waals surface area (Å²) in [7, 11) is 1.59. The van der Waals surface area contributed by atoms with Crippen LogP contribution in [0.15, 0.2) is 66.7 Å². The van der Waals surface area contributed by atoms with Gasteiger partial charge in [-0.15, -0.1) is 0 Å². The van der Waals surface area contributed by atoms with Crippen molar-refractivity contribution in [3.8, 4) is 5.75 Å². The highest BCUT2D eigenvalue weighted by atomic mass is 16.5. The van der Waals surface area contributed by atoms with E-state index in [-0.39, 0.29) is 35.5 Å². The van der Waals surface area contributed by atoms with Crippen molar-refractivity contribution in [2.24, 2.45) is 11.8 Å². The van der Waals surface area contributed by atoms with Crippen LogP contribution in [0.3, 0.4) is 0 Å². The average molecular weight is 438 g/mol. The summed E-state index contributed by atoms with van der Waals surface area (Å²) < 4.78 is 5.36. The minimum atomic E-state index is -0.372. The maximum absolute atomic E-state index is 13.9. The van der Waals surface area contributed by atoms with Gasteiger partial charge in [0, 0.05) is 17.9 Å². The fraction of sp³-hybridized carbons (Fsp3) is 0.310. The number of anilines is 1. The lowest BCUT2D eigenvalue weighted by molar-refractivity contribution is -0.122. The summed E-state index contributed by atoms with van der Waals surface area (Å²) in [5, 5.41) is 0. The van der Waals surface area contributed by atoms with Gasteiger partial charge < -0.3 is 4.74 Å². The first-order valence-electron chi connectivity index (χ1n) is 11.8. The van der Waals surface area contributed by atoms with Gasteiger partial charge in [0.25, 0.3) is 0 Å². The third kappa shape index (κ3) is 2.70. The van der Waals surface area contributed by atoms with Crippen molar-refractivity contribution in [2.75, 3.05) is 12.0 Å². The Morgan fingerprint density at radius 1 is 0.818 bits per heavy atom. The van der Waals surface area contributed by atoms with Gasteiger partial charge in [0.05, 0.1) is 24.6 Å². The summed E-state index contributed by atoms with van der Waals surface area (Å²) in [4.78, 5) is 29.2. The van der Waals surface area contributed by atoms with Crippen molar-refractivity contribution in [3.63, 3.8) is 0 Å².